The van der Waals surface area contributed by atoms with Crippen molar-refractivity contribution in [3.63, 3.8) is 0 Å². The van der Waals surface area contributed by atoms with Crippen molar-refractivity contribution in [1.29, 1.82) is 0 Å². The van der Waals surface area contributed by atoms with E-state index in [-0.39, 0.29) is 6.04 Å². The molecule has 1 heterocycles. The lowest BCUT2D eigenvalue weighted by Crippen LogP contribution is -2.22. The van der Waals surface area contributed by atoms with Crippen LogP contribution < -0.4 is 11.1 Å². The fourth-order valence-corrected chi connectivity index (χ4v) is 1.74. The molecule has 1 unspecified atom stereocenters. The third kappa shape index (κ3) is 2.68. The van der Waals surface area contributed by atoms with Crippen LogP contribution in [0.5, 0.6) is 0 Å². The number of rotatable bonds is 5. The van der Waals surface area contributed by atoms with Crippen LogP contribution in [0.1, 0.15) is 13.8 Å². The molecule has 1 aromatic heterocycles. The van der Waals surface area contributed by atoms with Gasteiger partial charge in [0.05, 0.1) is 29.7 Å². The minimum Gasteiger partial charge on any atom is -0.397 e. The predicted molar refractivity (Wildman–Crippen MR) is 70.1 cm³/mol. The molecule has 0 amide bonds. The van der Waals surface area contributed by atoms with Crippen LogP contribution in [0.4, 0.5) is 11.4 Å². The lowest BCUT2D eigenvalue weighted by Gasteiger charge is -2.16. The zero-order valence-corrected chi connectivity index (χ0v) is 10.2. The summed E-state index contributed by atoms with van der Waals surface area (Å²) in [5, 5.41) is 11.3. The van der Waals surface area contributed by atoms with E-state index < -0.39 is 0 Å². The van der Waals surface area contributed by atoms with E-state index in [2.05, 4.69) is 22.4 Å². The highest BCUT2D eigenvalue weighted by Gasteiger charge is 2.07. The van der Waals surface area contributed by atoms with Crippen LogP contribution in [0.3, 0.4) is 0 Å². The third-order valence-electron chi connectivity index (χ3n) is 2.58. The summed E-state index contributed by atoms with van der Waals surface area (Å²) in [6.45, 7) is 5.43. The molecule has 0 aliphatic rings. The van der Waals surface area contributed by atoms with E-state index in [1.807, 2.05) is 19.1 Å². The van der Waals surface area contributed by atoms with Crippen molar-refractivity contribution >= 4 is 22.3 Å². The first kappa shape index (κ1) is 11.7. The maximum absolute atomic E-state index is 5.98. The molecule has 0 spiro atoms. The number of anilines is 2. The Morgan fingerprint density at radius 2 is 2.35 bits per heavy atom. The largest absolute Gasteiger partial charge is 0.397 e. The summed E-state index contributed by atoms with van der Waals surface area (Å²) in [6, 6.07) is 4.10. The fourth-order valence-electron chi connectivity index (χ4n) is 1.74. The van der Waals surface area contributed by atoms with Crippen LogP contribution in [0, 0.1) is 0 Å². The second-order valence-electron chi connectivity index (χ2n) is 4.10. The number of nitrogens with one attached hydrogen (secondary N) is 2. The molecular formula is C12H18N4O. The molecule has 1 atom stereocenters. The van der Waals surface area contributed by atoms with E-state index in [4.69, 9.17) is 10.5 Å². The topological polar surface area (TPSA) is 76.0 Å². The molecule has 0 radical (unpaired) electrons. The van der Waals surface area contributed by atoms with Gasteiger partial charge in [-0.25, -0.2) is 0 Å². The molecule has 0 saturated heterocycles. The predicted octanol–water partition coefficient (Wildman–Crippen LogP) is 1.98. The van der Waals surface area contributed by atoms with E-state index >= 15 is 0 Å². The molecular weight excluding hydrogens is 216 g/mol. The van der Waals surface area contributed by atoms with Gasteiger partial charge in [0.25, 0.3) is 0 Å². The van der Waals surface area contributed by atoms with Gasteiger partial charge in [0.2, 0.25) is 0 Å². The smallest absolute Gasteiger partial charge is 0.0672 e. The van der Waals surface area contributed by atoms with Gasteiger partial charge in [0.1, 0.15) is 0 Å². The molecule has 0 fully saturated rings. The van der Waals surface area contributed by atoms with Gasteiger partial charge in [-0.2, -0.15) is 5.10 Å². The summed E-state index contributed by atoms with van der Waals surface area (Å²) in [5.41, 5.74) is 8.59. The standard InChI is InChI=1S/C12H18N4O/c1-3-17-7-8(2)15-12-5-11-9(4-10(12)13)6-14-16-11/h4-6,8,15H,3,7,13H2,1-2H3,(H,14,16). The van der Waals surface area contributed by atoms with Crippen LogP contribution in [0.15, 0.2) is 18.3 Å². The summed E-state index contributed by atoms with van der Waals surface area (Å²) < 4.78 is 5.36. The monoisotopic (exact) mass is 234 g/mol. The first-order chi connectivity index (χ1) is 8.20. The van der Waals surface area contributed by atoms with Crippen LogP contribution in [0.2, 0.25) is 0 Å². The quantitative estimate of drug-likeness (QED) is 0.691. The van der Waals surface area contributed by atoms with Gasteiger partial charge in [0.15, 0.2) is 0 Å². The third-order valence-corrected chi connectivity index (χ3v) is 2.58. The Balaban J connectivity index is 2.14. The maximum Gasteiger partial charge on any atom is 0.0672 e. The molecule has 4 N–H and O–H groups in total. The molecule has 0 aliphatic carbocycles. The average Bonchev–Trinajstić information content (AvgIpc) is 2.74. The lowest BCUT2D eigenvalue weighted by molar-refractivity contribution is 0.141. The normalized spacial score (nSPS) is 12.8. The number of nitrogens with zero attached hydrogens (tertiary/aromatic N) is 1. The van der Waals surface area contributed by atoms with E-state index in [0.717, 1.165) is 28.9 Å². The van der Waals surface area contributed by atoms with Crippen molar-refractivity contribution in [3.8, 4) is 0 Å². The number of aromatic nitrogens is 2. The average molecular weight is 234 g/mol. The zero-order chi connectivity index (χ0) is 12.3. The number of hydrogen-bond donors (Lipinski definition) is 3. The van der Waals surface area contributed by atoms with Crippen LogP contribution in [-0.4, -0.2) is 29.5 Å². The molecule has 5 heteroatoms. The highest BCUT2D eigenvalue weighted by Crippen LogP contribution is 2.25. The van der Waals surface area contributed by atoms with Gasteiger partial charge in [-0.1, -0.05) is 0 Å². The second-order valence-corrected chi connectivity index (χ2v) is 4.10. The van der Waals surface area contributed by atoms with Gasteiger partial charge in [-0.15, -0.1) is 0 Å². The van der Waals surface area contributed by atoms with Gasteiger partial charge in [-0.05, 0) is 26.0 Å². The molecule has 2 aromatic rings. The number of nitrogens with two attached hydrogens (primary N) is 1. The van der Waals surface area contributed by atoms with Gasteiger partial charge >= 0.3 is 0 Å². The highest BCUT2D eigenvalue weighted by molar-refractivity contribution is 5.88. The molecule has 0 saturated carbocycles. The number of benzene rings is 1. The second kappa shape index (κ2) is 5.05. The molecule has 92 valence electrons. The Morgan fingerprint density at radius 3 is 3.12 bits per heavy atom. The zero-order valence-electron chi connectivity index (χ0n) is 10.2. The maximum atomic E-state index is 5.98. The highest BCUT2D eigenvalue weighted by atomic mass is 16.5. The van der Waals surface area contributed by atoms with Crippen LogP contribution in [0.25, 0.3) is 10.9 Å². The number of ether oxygens (including phenoxy) is 1. The Hall–Kier alpha value is -1.75. The van der Waals surface area contributed by atoms with E-state index in [1.165, 1.54) is 0 Å². The number of H-pyrrole nitrogens is 1. The van der Waals surface area contributed by atoms with Crippen LogP contribution in [-0.2, 0) is 4.74 Å². The molecule has 0 aliphatic heterocycles. The van der Waals surface area contributed by atoms with E-state index in [0.29, 0.717) is 6.61 Å². The fraction of sp³-hybridized carbons (Fsp3) is 0.417. The number of aromatic amines is 1. The van der Waals surface area contributed by atoms with Crippen molar-refractivity contribution in [2.75, 3.05) is 24.3 Å². The molecule has 5 nitrogen and oxygen atoms in total. The SMILES string of the molecule is CCOCC(C)Nc1cc2[nH]ncc2cc1N. The summed E-state index contributed by atoms with van der Waals surface area (Å²) in [7, 11) is 0. The van der Waals surface area contributed by atoms with Gasteiger partial charge < -0.3 is 15.8 Å². The first-order valence-electron chi connectivity index (χ1n) is 5.77. The van der Waals surface area contributed by atoms with Crippen molar-refractivity contribution in [2.45, 2.75) is 19.9 Å². The number of fused-ring (bicyclic) bond motifs is 1. The van der Waals surface area contributed by atoms with Crippen molar-refractivity contribution in [3.05, 3.63) is 18.3 Å². The van der Waals surface area contributed by atoms with E-state index in [9.17, 15) is 0 Å². The molecule has 1 aromatic carbocycles. The van der Waals surface area contributed by atoms with Crippen molar-refractivity contribution in [1.82, 2.24) is 10.2 Å². The lowest BCUT2D eigenvalue weighted by atomic mass is 10.2. The van der Waals surface area contributed by atoms with Gasteiger partial charge in [0, 0.05) is 18.0 Å². The summed E-state index contributed by atoms with van der Waals surface area (Å²) in [4.78, 5) is 0. The summed E-state index contributed by atoms with van der Waals surface area (Å²) in [6.07, 6.45) is 1.76. The van der Waals surface area contributed by atoms with Crippen molar-refractivity contribution < 1.29 is 4.74 Å². The molecule has 0 bridgehead atoms. The van der Waals surface area contributed by atoms with Crippen LogP contribution >= 0.6 is 0 Å². The molecule has 17 heavy (non-hydrogen) atoms. The Labute approximate surface area is 100 Å². The Morgan fingerprint density at radius 1 is 1.53 bits per heavy atom. The minimum absolute atomic E-state index is 0.220. The molecule has 2 rings (SSSR count). The van der Waals surface area contributed by atoms with E-state index in [1.54, 1.807) is 6.20 Å². The number of hydrogen-bond acceptors (Lipinski definition) is 4. The first-order valence-corrected chi connectivity index (χ1v) is 5.77. The Kier molecular flexibility index (Phi) is 3.49. The minimum atomic E-state index is 0.220. The summed E-state index contributed by atoms with van der Waals surface area (Å²) in [5.74, 6) is 0. The van der Waals surface area contributed by atoms with Gasteiger partial charge in [-0.3, -0.25) is 5.10 Å². The summed E-state index contributed by atoms with van der Waals surface area (Å²) >= 11 is 0. The van der Waals surface area contributed by atoms with Crippen molar-refractivity contribution in [2.24, 2.45) is 0 Å². The Bertz CT molecular complexity index is 494. The number of nitrogen functional groups attached to an aromatic ring is 1.